The van der Waals surface area contributed by atoms with Gasteiger partial charge in [-0.25, -0.2) is 4.79 Å². The van der Waals surface area contributed by atoms with Gasteiger partial charge in [0.1, 0.15) is 6.23 Å². The molecule has 0 aliphatic carbocycles. The molecule has 3 unspecified atom stereocenters. The fourth-order valence-corrected chi connectivity index (χ4v) is 5.45. The largest absolute Gasteiger partial charge is 0.463 e. The van der Waals surface area contributed by atoms with Crippen LogP contribution in [0.15, 0.2) is 77.2 Å². The molecule has 2 aliphatic heterocycles. The quantitative estimate of drug-likeness (QED) is 0.211. The standard InChI is InChI=1S/C32H35F3N4O5/c1-6-22(19-36)12-13-23(7-2)27-26(31(43)44-8-3)20(4)39(25-11-9-10-24(18-25)32(33,34)35)30(42)28(27)29(41)38-16-14-37(15-17-38)21(5)40/h6,9-13,18,27-28,30,42H,2,8,14-17H2,1,3-5H3/b13-12-,22-6+. The van der Waals surface area contributed by atoms with Crippen molar-refractivity contribution in [1.29, 1.82) is 5.26 Å². The van der Waals surface area contributed by atoms with E-state index in [2.05, 4.69) is 12.3 Å². The molecule has 234 valence electrons. The van der Waals surface area contributed by atoms with Gasteiger partial charge < -0.3 is 24.5 Å². The molecule has 2 heterocycles. The molecule has 44 heavy (non-hydrogen) atoms. The number of piperazine rings is 1. The van der Waals surface area contributed by atoms with Gasteiger partial charge in [0.25, 0.3) is 0 Å². The van der Waals surface area contributed by atoms with Crippen LogP contribution in [0.5, 0.6) is 0 Å². The van der Waals surface area contributed by atoms with E-state index in [9.17, 15) is 37.9 Å². The van der Waals surface area contributed by atoms with E-state index in [1.807, 2.05) is 6.07 Å². The predicted octanol–water partition coefficient (Wildman–Crippen LogP) is 4.34. The highest BCUT2D eigenvalue weighted by Gasteiger charge is 2.50. The molecule has 0 spiro atoms. The number of aliphatic hydroxyl groups is 1. The smallest absolute Gasteiger partial charge is 0.416 e. The van der Waals surface area contributed by atoms with Gasteiger partial charge in [-0.2, -0.15) is 18.4 Å². The van der Waals surface area contributed by atoms with Crippen LogP contribution in [0.3, 0.4) is 0 Å². The molecule has 1 saturated heterocycles. The van der Waals surface area contributed by atoms with E-state index in [4.69, 9.17) is 4.74 Å². The van der Waals surface area contributed by atoms with Crippen LogP contribution in [0.4, 0.5) is 18.9 Å². The number of benzene rings is 1. The number of halogens is 3. The predicted molar refractivity (Wildman–Crippen MR) is 156 cm³/mol. The maximum atomic E-state index is 14.3. The first-order chi connectivity index (χ1) is 20.8. The zero-order valence-corrected chi connectivity index (χ0v) is 25.0. The van der Waals surface area contributed by atoms with Crippen LogP contribution in [-0.2, 0) is 25.3 Å². The van der Waals surface area contributed by atoms with Crippen molar-refractivity contribution >= 4 is 23.5 Å². The van der Waals surface area contributed by atoms with Gasteiger partial charge in [-0.3, -0.25) is 9.59 Å². The van der Waals surface area contributed by atoms with E-state index in [-0.39, 0.29) is 66.8 Å². The van der Waals surface area contributed by atoms with Crippen molar-refractivity contribution in [2.75, 3.05) is 37.7 Å². The molecule has 1 aromatic rings. The number of esters is 1. The van der Waals surface area contributed by atoms with E-state index < -0.39 is 41.7 Å². The number of amides is 2. The molecular weight excluding hydrogens is 577 g/mol. The monoisotopic (exact) mass is 612 g/mol. The summed E-state index contributed by atoms with van der Waals surface area (Å²) in [7, 11) is 0. The molecule has 3 atom stereocenters. The van der Waals surface area contributed by atoms with E-state index in [0.717, 1.165) is 17.0 Å². The minimum absolute atomic E-state index is 0.0415. The Balaban J connectivity index is 2.29. The molecule has 0 bridgehead atoms. The second-order valence-corrected chi connectivity index (χ2v) is 10.2. The summed E-state index contributed by atoms with van der Waals surface area (Å²) in [6.45, 7) is 10.5. The van der Waals surface area contributed by atoms with Crippen LogP contribution in [-0.4, -0.2) is 71.7 Å². The van der Waals surface area contributed by atoms with E-state index in [1.165, 1.54) is 43.0 Å². The second-order valence-electron chi connectivity index (χ2n) is 10.2. The molecular formula is C32H35F3N4O5. The average molecular weight is 613 g/mol. The summed E-state index contributed by atoms with van der Waals surface area (Å²) in [6.07, 6.45) is -1.98. The lowest BCUT2D eigenvalue weighted by atomic mass is 9.74. The Morgan fingerprint density at radius 2 is 1.80 bits per heavy atom. The van der Waals surface area contributed by atoms with Crippen LogP contribution in [0.25, 0.3) is 0 Å². The van der Waals surface area contributed by atoms with Crippen molar-refractivity contribution in [2.45, 2.75) is 40.1 Å². The summed E-state index contributed by atoms with van der Waals surface area (Å²) < 4.78 is 46.4. The van der Waals surface area contributed by atoms with Crippen molar-refractivity contribution in [3.8, 4) is 6.07 Å². The Kier molecular flexibility index (Phi) is 11.0. The normalized spacial score (nSPS) is 21.2. The van der Waals surface area contributed by atoms with Gasteiger partial charge in [-0.1, -0.05) is 18.7 Å². The molecule has 0 saturated carbocycles. The number of nitrogens with zero attached hydrogens (tertiary/aromatic N) is 4. The molecule has 2 aliphatic rings. The van der Waals surface area contributed by atoms with Crippen molar-refractivity contribution in [3.63, 3.8) is 0 Å². The van der Waals surface area contributed by atoms with Crippen molar-refractivity contribution in [2.24, 2.45) is 11.8 Å². The summed E-state index contributed by atoms with van der Waals surface area (Å²) in [5, 5.41) is 21.3. The Hall–Kier alpha value is -4.59. The summed E-state index contributed by atoms with van der Waals surface area (Å²) >= 11 is 0. The number of carbonyl (C=O) groups is 3. The van der Waals surface area contributed by atoms with Gasteiger partial charge in [0.2, 0.25) is 11.8 Å². The number of nitriles is 1. The van der Waals surface area contributed by atoms with Crippen LogP contribution in [0.1, 0.15) is 33.3 Å². The number of allylic oxidation sites excluding steroid dienone is 6. The first-order valence-electron chi connectivity index (χ1n) is 14.0. The van der Waals surface area contributed by atoms with Gasteiger partial charge >= 0.3 is 12.1 Å². The Labute approximate surface area is 254 Å². The maximum absolute atomic E-state index is 14.3. The van der Waals surface area contributed by atoms with Crippen LogP contribution in [0.2, 0.25) is 0 Å². The number of rotatable bonds is 7. The molecule has 1 N–H and O–H groups in total. The molecule has 3 rings (SSSR count). The highest BCUT2D eigenvalue weighted by molar-refractivity contribution is 5.95. The number of ether oxygens (including phenoxy) is 1. The van der Waals surface area contributed by atoms with Gasteiger partial charge in [0.15, 0.2) is 0 Å². The van der Waals surface area contributed by atoms with Crippen molar-refractivity contribution in [3.05, 3.63) is 82.8 Å². The van der Waals surface area contributed by atoms with Crippen molar-refractivity contribution < 1.29 is 37.4 Å². The van der Waals surface area contributed by atoms with E-state index in [0.29, 0.717) is 0 Å². The van der Waals surface area contributed by atoms with Crippen LogP contribution < -0.4 is 4.90 Å². The fourth-order valence-electron chi connectivity index (χ4n) is 5.45. The lowest BCUT2D eigenvalue weighted by molar-refractivity contribution is -0.147. The maximum Gasteiger partial charge on any atom is 0.416 e. The lowest BCUT2D eigenvalue weighted by Gasteiger charge is -2.46. The van der Waals surface area contributed by atoms with Gasteiger partial charge in [-0.15, -0.1) is 5.73 Å². The summed E-state index contributed by atoms with van der Waals surface area (Å²) in [5.41, 5.74) is 2.10. The number of hydrogen-bond donors (Lipinski definition) is 1. The molecule has 12 heteroatoms. The number of aliphatic hydroxyl groups excluding tert-OH is 1. The van der Waals surface area contributed by atoms with Gasteiger partial charge in [0.05, 0.1) is 29.7 Å². The molecule has 9 nitrogen and oxygen atoms in total. The molecule has 1 fully saturated rings. The SMILES string of the molecule is C=C=C(/C=C\C(C#N)=C/C)C1C(C(=O)OCC)=C(C)N(c2cccc(C(F)(F)F)c2)C(O)C1C(=O)N1CCN(C(C)=O)CC1. The Morgan fingerprint density at radius 3 is 2.32 bits per heavy atom. The number of carbonyl (C=O) groups excluding carboxylic acids is 3. The minimum atomic E-state index is -4.69. The second kappa shape index (κ2) is 14.3. The third-order valence-corrected chi connectivity index (χ3v) is 7.70. The topological polar surface area (TPSA) is 114 Å². The highest BCUT2D eigenvalue weighted by Crippen LogP contribution is 2.44. The highest BCUT2D eigenvalue weighted by atomic mass is 19.4. The number of alkyl halides is 3. The molecule has 2 amide bonds. The first-order valence-corrected chi connectivity index (χ1v) is 14.0. The van der Waals surface area contributed by atoms with Crippen molar-refractivity contribution in [1.82, 2.24) is 9.80 Å². The van der Waals surface area contributed by atoms with Crippen LogP contribution in [0, 0.1) is 23.2 Å². The first kappa shape index (κ1) is 33.9. The number of anilines is 1. The minimum Gasteiger partial charge on any atom is -0.463 e. The Morgan fingerprint density at radius 1 is 1.16 bits per heavy atom. The third kappa shape index (κ3) is 7.13. The zero-order valence-electron chi connectivity index (χ0n) is 25.0. The Bertz CT molecular complexity index is 1470. The van der Waals surface area contributed by atoms with E-state index >= 15 is 0 Å². The summed E-state index contributed by atoms with van der Waals surface area (Å²) in [5.74, 6) is -4.24. The third-order valence-electron chi connectivity index (χ3n) is 7.70. The molecule has 1 aromatic carbocycles. The summed E-state index contributed by atoms with van der Waals surface area (Å²) in [6, 6.07) is 6.22. The summed E-state index contributed by atoms with van der Waals surface area (Å²) in [4.78, 5) is 43.9. The van der Waals surface area contributed by atoms with Gasteiger partial charge in [0, 0.05) is 61.6 Å². The number of hydrogen-bond acceptors (Lipinski definition) is 7. The van der Waals surface area contributed by atoms with Crippen LogP contribution >= 0.6 is 0 Å². The molecule has 0 radical (unpaired) electrons. The fraction of sp³-hybridized carbons (Fsp3) is 0.406. The average Bonchev–Trinajstić information content (AvgIpc) is 2.99. The zero-order chi connectivity index (χ0) is 32.8. The van der Waals surface area contributed by atoms with Gasteiger partial charge in [-0.05, 0) is 51.1 Å². The molecule has 0 aromatic heterocycles. The lowest BCUT2D eigenvalue weighted by Crippen LogP contribution is -2.58. The van der Waals surface area contributed by atoms with E-state index in [1.54, 1.807) is 24.8 Å².